The number of alkyl halides is 3. The van der Waals surface area contributed by atoms with Gasteiger partial charge in [-0.2, -0.15) is 13.2 Å². The zero-order valence-corrected chi connectivity index (χ0v) is 16.9. The molecule has 0 radical (unpaired) electrons. The molecule has 5 rings (SSSR count). The van der Waals surface area contributed by atoms with Crippen LogP contribution in [-0.2, 0) is 6.18 Å². The molecule has 1 aliphatic carbocycles. The molecule has 5 nitrogen and oxygen atoms in total. The van der Waals surface area contributed by atoms with Crippen LogP contribution in [0.3, 0.4) is 0 Å². The molecule has 0 amide bonds. The van der Waals surface area contributed by atoms with Crippen molar-refractivity contribution in [3.05, 3.63) is 36.2 Å². The average Bonchev–Trinajstić information content (AvgIpc) is 3.06. The van der Waals surface area contributed by atoms with Crippen LogP contribution < -0.4 is 15.9 Å². The molecule has 2 aliphatic rings. The molecule has 1 aromatic carbocycles. The van der Waals surface area contributed by atoms with Crippen LogP contribution in [0.5, 0.6) is 0 Å². The highest BCUT2D eigenvalue weighted by molar-refractivity contribution is 7.64. The quantitative estimate of drug-likeness (QED) is 0.565. The molecule has 3 aromatic rings. The van der Waals surface area contributed by atoms with Gasteiger partial charge in [-0.15, -0.1) is 0 Å². The van der Waals surface area contributed by atoms with Gasteiger partial charge in [0.05, 0.1) is 11.2 Å². The molecule has 0 spiro atoms. The summed E-state index contributed by atoms with van der Waals surface area (Å²) in [7, 11) is -0.401. The number of nitrogens with zero attached hydrogens (tertiary/aromatic N) is 2. The Morgan fingerprint density at radius 1 is 1.17 bits per heavy atom. The molecule has 3 heterocycles. The number of fused-ring (bicyclic) bond motifs is 2. The molecule has 3 atom stereocenters. The molecule has 9 heteroatoms. The Hall–Kier alpha value is -2.18. The number of halogens is 3. The van der Waals surface area contributed by atoms with Crippen molar-refractivity contribution < 1.29 is 13.2 Å². The molecule has 1 aliphatic heterocycles. The molecule has 29 heavy (non-hydrogen) atoms. The normalized spacial score (nSPS) is 23.6. The van der Waals surface area contributed by atoms with Gasteiger partial charge < -0.3 is 15.6 Å². The number of aromatic nitrogens is 3. The predicted molar refractivity (Wildman–Crippen MR) is 110 cm³/mol. The lowest BCUT2D eigenvalue weighted by atomic mass is 10.1. The number of benzene rings is 1. The van der Waals surface area contributed by atoms with Gasteiger partial charge in [0, 0.05) is 42.5 Å². The lowest BCUT2D eigenvalue weighted by Gasteiger charge is -2.14. The van der Waals surface area contributed by atoms with Gasteiger partial charge in [0.1, 0.15) is 5.56 Å². The lowest BCUT2D eigenvalue weighted by molar-refractivity contribution is -0.137. The van der Waals surface area contributed by atoms with Gasteiger partial charge in [-0.1, -0.05) is 26.1 Å². The van der Waals surface area contributed by atoms with Crippen molar-refractivity contribution in [2.45, 2.75) is 12.2 Å². The summed E-state index contributed by atoms with van der Waals surface area (Å²) in [6, 6.07) is 5.99. The Kier molecular flexibility index (Phi) is 4.33. The highest BCUT2D eigenvalue weighted by Crippen LogP contribution is 2.44. The predicted octanol–water partition coefficient (Wildman–Crippen LogP) is 3.64. The van der Waals surface area contributed by atoms with E-state index in [9.17, 15) is 13.2 Å². The summed E-state index contributed by atoms with van der Waals surface area (Å²) in [5.74, 6) is 1.27. The van der Waals surface area contributed by atoms with E-state index in [0.29, 0.717) is 17.4 Å². The number of piperidine rings is 1. The maximum Gasteiger partial charge on any atom is 0.419 e. The van der Waals surface area contributed by atoms with Crippen LogP contribution in [0.1, 0.15) is 5.56 Å². The van der Waals surface area contributed by atoms with Gasteiger partial charge in [-0.05, 0) is 30.5 Å². The summed E-state index contributed by atoms with van der Waals surface area (Å²) in [6.07, 6.45) is -2.00. The number of aromatic amines is 1. The van der Waals surface area contributed by atoms with Gasteiger partial charge in [0.15, 0.2) is 0 Å². The van der Waals surface area contributed by atoms with Crippen LogP contribution in [0.15, 0.2) is 30.6 Å². The van der Waals surface area contributed by atoms with E-state index in [4.69, 9.17) is 0 Å². The van der Waals surface area contributed by atoms with E-state index in [1.807, 2.05) is 18.2 Å². The van der Waals surface area contributed by atoms with Crippen LogP contribution in [0.4, 0.5) is 19.1 Å². The topological polar surface area (TPSA) is 65.6 Å². The number of rotatable bonds is 4. The fraction of sp³-hybridized carbons (Fsp3) is 0.400. The summed E-state index contributed by atoms with van der Waals surface area (Å²) in [5, 5.41) is 8.42. The second-order valence-electron chi connectivity index (χ2n) is 7.91. The minimum atomic E-state index is -4.53. The number of nitrogens with one attached hydrogen (secondary N) is 3. The monoisotopic (exact) mass is 419 g/mol. The maximum absolute atomic E-state index is 13.7. The summed E-state index contributed by atoms with van der Waals surface area (Å²) >= 11 is 0. The first kappa shape index (κ1) is 18.8. The molecule has 2 fully saturated rings. The Balaban J connectivity index is 1.60. The van der Waals surface area contributed by atoms with Gasteiger partial charge in [-0.3, -0.25) is 0 Å². The molecule has 3 N–H and O–H groups in total. The molecule has 1 saturated heterocycles. The van der Waals surface area contributed by atoms with E-state index in [1.165, 1.54) is 0 Å². The van der Waals surface area contributed by atoms with Gasteiger partial charge >= 0.3 is 6.18 Å². The Labute approximate surface area is 167 Å². The van der Waals surface area contributed by atoms with Crippen molar-refractivity contribution in [1.29, 1.82) is 0 Å². The molecule has 0 bridgehead atoms. The molecule has 1 unspecified atom stereocenters. The summed E-state index contributed by atoms with van der Waals surface area (Å²) in [6.45, 7) is 6.11. The molecule has 2 aromatic heterocycles. The van der Waals surface area contributed by atoms with Crippen LogP contribution in [0, 0.1) is 11.8 Å². The van der Waals surface area contributed by atoms with Crippen molar-refractivity contribution >= 4 is 30.1 Å². The van der Waals surface area contributed by atoms with E-state index >= 15 is 0 Å². The van der Waals surface area contributed by atoms with Crippen molar-refractivity contribution in [2.24, 2.45) is 11.8 Å². The van der Waals surface area contributed by atoms with Crippen LogP contribution in [0.2, 0.25) is 0 Å². The van der Waals surface area contributed by atoms with E-state index in [2.05, 4.69) is 38.9 Å². The number of H-pyrrole nitrogens is 1. The number of hydrogen-bond donors (Lipinski definition) is 3. The van der Waals surface area contributed by atoms with E-state index < -0.39 is 19.7 Å². The highest BCUT2D eigenvalue weighted by atomic mass is 31.1. The highest BCUT2D eigenvalue weighted by Gasteiger charge is 2.53. The number of anilines is 1. The van der Waals surface area contributed by atoms with Crippen LogP contribution in [-0.4, -0.2) is 47.4 Å². The lowest BCUT2D eigenvalue weighted by Crippen LogP contribution is -2.22. The summed E-state index contributed by atoms with van der Waals surface area (Å²) < 4.78 is 41.2. The van der Waals surface area contributed by atoms with Gasteiger partial charge in [-0.25, -0.2) is 9.97 Å². The zero-order valence-electron chi connectivity index (χ0n) is 16.0. The Morgan fingerprint density at radius 2 is 1.93 bits per heavy atom. The second-order valence-corrected chi connectivity index (χ2v) is 10.2. The molecule has 152 valence electrons. The second kappa shape index (κ2) is 6.67. The molecule has 1 saturated carbocycles. The van der Waals surface area contributed by atoms with E-state index in [-0.39, 0.29) is 17.7 Å². The number of hydrogen-bond acceptors (Lipinski definition) is 4. The smallest absolute Gasteiger partial charge is 0.360 e. The maximum atomic E-state index is 13.7. The molecular formula is C20H21F3N5P. The Morgan fingerprint density at radius 3 is 2.62 bits per heavy atom. The summed E-state index contributed by atoms with van der Waals surface area (Å²) in [4.78, 5) is 11.5. The number of para-hydroxylation sites is 1. The molecular weight excluding hydrogens is 398 g/mol. The van der Waals surface area contributed by atoms with E-state index in [1.54, 1.807) is 6.20 Å². The first-order valence-corrected chi connectivity index (χ1v) is 11.8. The first-order chi connectivity index (χ1) is 13.8. The Bertz CT molecular complexity index is 1070. The largest absolute Gasteiger partial charge is 0.419 e. The SMILES string of the molecule is CP(C)c1cccc2c(-c3nc(NC4[C@H]5CNC[C@@H]45)ncc3C(F)(F)F)c[nH]c12. The van der Waals surface area contributed by atoms with E-state index in [0.717, 1.165) is 35.5 Å². The third kappa shape index (κ3) is 3.19. The third-order valence-corrected chi connectivity index (χ3v) is 7.25. The minimum Gasteiger partial charge on any atom is -0.360 e. The van der Waals surface area contributed by atoms with Crippen LogP contribution in [0.25, 0.3) is 22.2 Å². The van der Waals surface area contributed by atoms with Crippen LogP contribution >= 0.6 is 7.92 Å². The third-order valence-electron chi connectivity index (χ3n) is 5.91. The van der Waals surface area contributed by atoms with Crippen molar-refractivity contribution in [1.82, 2.24) is 20.3 Å². The first-order valence-electron chi connectivity index (χ1n) is 9.54. The zero-order chi connectivity index (χ0) is 20.3. The fourth-order valence-corrected chi connectivity index (χ4v) is 5.37. The van der Waals surface area contributed by atoms with Crippen molar-refractivity contribution in [3.63, 3.8) is 0 Å². The fourth-order valence-electron chi connectivity index (χ4n) is 4.35. The summed E-state index contributed by atoms with van der Waals surface area (Å²) in [5.41, 5.74) is 0.429. The minimum absolute atomic E-state index is 0.0844. The van der Waals surface area contributed by atoms with Gasteiger partial charge in [0.2, 0.25) is 5.95 Å². The average molecular weight is 419 g/mol. The van der Waals surface area contributed by atoms with Gasteiger partial charge in [0.25, 0.3) is 0 Å². The standard InChI is InChI=1S/C20H21F3N5P/c1-29(2)15-5-3-4-10-13(8-25-18(10)15)17-14(20(21,22)23)9-26-19(28-17)27-16-11-6-24-7-12(11)16/h3-5,8-9,11-12,16,24-25H,6-7H2,1-2H3,(H,26,27,28)/t11-,12+,16?. The van der Waals surface area contributed by atoms with Crippen molar-refractivity contribution in [3.8, 4) is 11.3 Å². The van der Waals surface area contributed by atoms with Crippen molar-refractivity contribution in [2.75, 3.05) is 31.7 Å².